The molecule has 1 aromatic carbocycles. The van der Waals surface area contributed by atoms with Gasteiger partial charge in [0.25, 0.3) is 0 Å². The van der Waals surface area contributed by atoms with Crippen LogP contribution in [0.5, 0.6) is 0 Å². The number of benzene rings is 1. The molecule has 1 aromatic rings. The van der Waals surface area contributed by atoms with Crippen LogP contribution in [0.3, 0.4) is 0 Å². The van der Waals surface area contributed by atoms with E-state index < -0.39 is 5.60 Å². The van der Waals surface area contributed by atoms with Gasteiger partial charge in [-0.05, 0) is 41.9 Å². The van der Waals surface area contributed by atoms with Crippen LogP contribution in [0.2, 0.25) is 5.02 Å². The predicted molar refractivity (Wildman–Crippen MR) is 72.2 cm³/mol. The second kappa shape index (κ2) is 4.50. The fourth-order valence-electron chi connectivity index (χ4n) is 3.33. The second-order valence-electron chi connectivity index (χ2n) is 6.46. The molecule has 0 heterocycles. The van der Waals surface area contributed by atoms with E-state index in [4.69, 9.17) is 11.6 Å². The zero-order valence-electron chi connectivity index (χ0n) is 11.1. The Bertz CT molecular complexity index is 458. The highest BCUT2D eigenvalue weighted by Gasteiger charge is 2.47. The number of aliphatic hydroxyl groups is 1. The summed E-state index contributed by atoms with van der Waals surface area (Å²) in [5, 5.41) is 11.1. The number of rotatable bonds is 2. The Balaban J connectivity index is 2.23. The van der Waals surface area contributed by atoms with Crippen molar-refractivity contribution in [2.24, 2.45) is 11.3 Å². The second-order valence-corrected chi connectivity index (χ2v) is 6.90. The minimum atomic E-state index is -0.807. The first-order valence-electron chi connectivity index (χ1n) is 6.38. The first-order valence-corrected chi connectivity index (χ1v) is 6.76. The van der Waals surface area contributed by atoms with Crippen LogP contribution in [0.25, 0.3) is 0 Å². The molecule has 0 aliphatic heterocycles. The van der Waals surface area contributed by atoms with Gasteiger partial charge in [-0.25, -0.2) is 4.39 Å². The molecule has 2 rings (SSSR count). The molecule has 0 aromatic heterocycles. The monoisotopic (exact) mass is 270 g/mol. The largest absolute Gasteiger partial charge is 0.389 e. The number of hydrogen-bond acceptors (Lipinski definition) is 1. The summed E-state index contributed by atoms with van der Waals surface area (Å²) in [6.07, 6.45) is 2.04. The highest BCUT2D eigenvalue weighted by Crippen LogP contribution is 2.48. The van der Waals surface area contributed by atoms with Gasteiger partial charge in [-0.2, -0.15) is 0 Å². The molecular weight excluding hydrogens is 251 g/mol. The Hall–Kier alpha value is -0.600. The van der Waals surface area contributed by atoms with Gasteiger partial charge in [-0.1, -0.05) is 38.4 Å². The molecule has 100 valence electrons. The maximum Gasteiger partial charge on any atom is 0.127 e. The molecule has 18 heavy (non-hydrogen) atoms. The fraction of sp³-hybridized carbons (Fsp3) is 0.600. The van der Waals surface area contributed by atoms with Crippen molar-refractivity contribution in [2.45, 2.75) is 45.6 Å². The molecule has 1 N–H and O–H groups in total. The van der Waals surface area contributed by atoms with Gasteiger partial charge in [-0.15, -0.1) is 0 Å². The van der Waals surface area contributed by atoms with Crippen molar-refractivity contribution in [1.29, 1.82) is 0 Å². The summed E-state index contributed by atoms with van der Waals surface area (Å²) < 4.78 is 13.8. The predicted octanol–water partition coefficient (Wildman–Crippen LogP) is 4.21. The van der Waals surface area contributed by atoms with E-state index in [2.05, 4.69) is 13.8 Å². The van der Waals surface area contributed by atoms with E-state index in [1.165, 1.54) is 6.07 Å². The van der Waals surface area contributed by atoms with Crippen LogP contribution >= 0.6 is 11.6 Å². The molecule has 1 saturated carbocycles. The first-order chi connectivity index (χ1) is 8.22. The highest BCUT2D eigenvalue weighted by molar-refractivity contribution is 6.30. The van der Waals surface area contributed by atoms with Gasteiger partial charge < -0.3 is 5.11 Å². The van der Waals surface area contributed by atoms with Crippen LogP contribution in [0.1, 0.15) is 39.2 Å². The third kappa shape index (κ3) is 2.70. The van der Waals surface area contributed by atoms with Crippen molar-refractivity contribution in [1.82, 2.24) is 0 Å². The van der Waals surface area contributed by atoms with Crippen LogP contribution < -0.4 is 0 Å². The van der Waals surface area contributed by atoms with Crippen molar-refractivity contribution in [2.75, 3.05) is 0 Å². The maximum atomic E-state index is 13.8. The fourth-order valence-corrected chi connectivity index (χ4v) is 3.48. The lowest BCUT2D eigenvalue weighted by molar-refractivity contribution is 0.00374. The zero-order valence-corrected chi connectivity index (χ0v) is 11.9. The van der Waals surface area contributed by atoms with Gasteiger partial charge in [0.05, 0.1) is 5.60 Å². The normalized spacial score (nSPS) is 30.7. The Morgan fingerprint density at radius 1 is 1.44 bits per heavy atom. The Labute approximate surface area is 113 Å². The molecule has 2 unspecified atom stereocenters. The first kappa shape index (κ1) is 13.8. The van der Waals surface area contributed by atoms with Crippen molar-refractivity contribution in [3.63, 3.8) is 0 Å². The smallest absolute Gasteiger partial charge is 0.127 e. The lowest BCUT2D eigenvalue weighted by Gasteiger charge is -2.28. The average Bonchev–Trinajstić information content (AvgIpc) is 2.40. The number of hydrogen-bond donors (Lipinski definition) is 1. The summed E-state index contributed by atoms with van der Waals surface area (Å²) in [6.45, 7) is 6.35. The molecule has 1 fully saturated rings. The summed E-state index contributed by atoms with van der Waals surface area (Å²) in [6, 6.07) is 4.66. The summed E-state index contributed by atoms with van der Waals surface area (Å²) >= 11 is 5.74. The van der Waals surface area contributed by atoms with E-state index in [1.807, 2.05) is 6.92 Å². The van der Waals surface area contributed by atoms with Gasteiger partial charge in [-0.3, -0.25) is 0 Å². The highest BCUT2D eigenvalue weighted by atomic mass is 35.5. The van der Waals surface area contributed by atoms with E-state index in [-0.39, 0.29) is 17.2 Å². The lowest BCUT2D eigenvalue weighted by atomic mass is 9.84. The van der Waals surface area contributed by atoms with E-state index in [0.29, 0.717) is 23.4 Å². The lowest BCUT2D eigenvalue weighted by Crippen LogP contribution is -2.35. The molecule has 3 heteroatoms. The summed E-state index contributed by atoms with van der Waals surface area (Å²) in [7, 11) is 0. The van der Waals surface area contributed by atoms with Gasteiger partial charge in [0, 0.05) is 11.4 Å². The molecule has 2 atom stereocenters. The van der Waals surface area contributed by atoms with Crippen LogP contribution in [0.15, 0.2) is 18.2 Å². The standard InChI is InChI=1S/C15H20ClFO/c1-10-7-14(2,3)9-15(10,18)8-11-4-5-12(16)6-13(11)17/h4-6,10,18H,7-9H2,1-3H3. The molecule has 1 aliphatic carbocycles. The van der Waals surface area contributed by atoms with Crippen molar-refractivity contribution in [3.05, 3.63) is 34.6 Å². The van der Waals surface area contributed by atoms with E-state index in [9.17, 15) is 9.50 Å². The summed E-state index contributed by atoms with van der Waals surface area (Å²) in [4.78, 5) is 0. The maximum absolute atomic E-state index is 13.8. The summed E-state index contributed by atoms with van der Waals surface area (Å²) in [5.74, 6) is -0.143. The topological polar surface area (TPSA) is 20.2 Å². The Morgan fingerprint density at radius 2 is 2.11 bits per heavy atom. The van der Waals surface area contributed by atoms with Crippen molar-refractivity contribution < 1.29 is 9.50 Å². The van der Waals surface area contributed by atoms with E-state index in [0.717, 1.165) is 6.42 Å². The SMILES string of the molecule is CC1CC(C)(C)CC1(O)Cc1ccc(Cl)cc1F. The molecule has 1 nitrogen and oxygen atoms in total. The van der Waals surface area contributed by atoms with Crippen LogP contribution in [0, 0.1) is 17.2 Å². The van der Waals surface area contributed by atoms with Crippen LogP contribution in [-0.2, 0) is 6.42 Å². The molecule has 0 saturated heterocycles. The van der Waals surface area contributed by atoms with Crippen molar-refractivity contribution >= 4 is 11.6 Å². The van der Waals surface area contributed by atoms with Gasteiger partial charge in [0.1, 0.15) is 5.82 Å². The van der Waals surface area contributed by atoms with E-state index in [1.54, 1.807) is 12.1 Å². The molecule has 1 aliphatic rings. The Morgan fingerprint density at radius 3 is 2.61 bits per heavy atom. The van der Waals surface area contributed by atoms with Crippen LogP contribution in [0.4, 0.5) is 4.39 Å². The number of halogens is 2. The third-order valence-corrected chi connectivity index (χ3v) is 4.31. The molecule has 0 bridgehead atoms. The Kier molecular flexibility index (Phi) is 3.46. The van der Waals surface area contributed by atoms with Crippen LogP contribution in [-0.4, -0.2) is 10.7 Å². The summed E-state index contributed by atoms with van der Waals surface area (Å²) in [5.41, 5.74) is -0.138. The zero-order chi connectivity index (χ0) is 13.6. The van der Waals surface area contributed by atoms with Gasteiger partial charge in [0.2, 0.25) is 0 Å². The third-order valence-electron chi connectivity index (χ3n) is 4.07. The quantitative estimate of drug-likeness (QED) is 0.854. The molecular formula is C15H20ClFO. The van der Waals surface area contributed by atoms with Gasteiger partial charge in [0.15, 0.2) is 0 Å². The van der Waals surface area contributed by atoms with Crippen molar-refractivity contribution in [3.8, 4) is 0 Å². The average molecular weight is 271 g/mol. The van der Waals surface area contributed by atoms with E-state index >= 15 is 0 Å². The molecule has 0 radical (unpaired) electrons. The molecule has 0 amide bonds. The van der Waals surface area contributed by atoms with Gasteiger partial charge >= 0.3 is 0 Å². The minimum absolute atomic E-state index is 0.122. The molecule has 0 spiro atoms. The minimum Gasteiger partial charge on any atom is -0.389 e.